The molecule has 4 amide bonds. The highest BCUT2D eigenvalue weighted by molar-refractivity contribution is 6.42. The van der Waals surface area contributed by atoms with E-state index in [1.165, 1.54) is 0 Å². The molecule has 8 nitrogen and oxygen atoms in total. The van der Waals surface area contributed by atoms with E-state index in [0.29, 0.717) is 36.1 Å². The first kappa shape index (κ1) is 28.0. The van der Waals surface area contributed by atoms with Crippen LogP contribution in [0.5, 0.6) is 0 Å². The average Bonchev–Trinajstić information content (AvgIpc) is 3.28. The van der Waals surface area contributed by atoms with Crippen molar-refractivity contribution >= 4 is 41.0 Å². The number of amides is 4. The second kappa shape index (κ2) is 12.3. The largest absolute Gasteiger partial charge is 0.333 e. The molecule has 3 aromatic rings. The minimum absolute atomic E-state index is 0.000645. The molecule has 10 heteroatoms. The Labute approximate surface area is 244 Å². The van der Waals surface area contributed by atoms with E-state index in [9.17, 15) is 14.4 Å². The second-order valence-corrected chi connectivity index (χ2v) is 10.7. The number of fused-ring (bicyclic) bond motifs is 1. The van der Waals surface area contributed by atoms with Crippen molar-refractivity contribution in [1.29, 1.82) is 0 Å². The zero-order valence-electron chi connectivity index (χ0n) is 22.2. The number of urea groups is 1. The number of rotatable bonds is 8. The number of carbonyl (C=O) groups excluding carboxylic acids is 3. The number of piperazine rings is 1. The molecule has 0 aliphatic carbocycles. The van der Waals surface area contributed by atoms with Crippen molar-refractivity contribution in [2.75, 3.05) is 19.6 Å². The number of hydrazine groups is 1. The normalized spacial score (nSPS) is 19.1. The van der Waals surface area contributed by atoms with Gasteiger partial charge in [0.25, 0.3) is 5.91 Å². The molecule has 40 heavy (non-hydrogen) atoms. The molecule has 3 aromatic carbocycles. The lowest BCUT2D eigenvalue weighted by molar-refractivity contribution is -0.158. The number of hydrogen-bond donors (Lipinski definition) is 1. The number of hydrogen-bond acceptors (Lipinski definition) is 4. The fourth-order valence-corrected chi connectivity index (χ4v) is 5.64. The van der Waals surface area contributed by atoms with E-state index in [-0.39, 0.29) is 30.9 Å². The van der Waals surface area contributed by atoms with Crippen LogP contribution >= 0.6 is 23.2 Å². The lowest BCUT2D eigenvalue weighted by Crippen LogP contribution is -2.62. The summed E-state index contributed by atoms with van der Waals surface area (Å²) in [6.07, 6.45) is 0.178. The molecular weight excluding hydrogens is 549 g/mol. The number of halogens is 2. The first-order valence-electron chi connectivity index (χ1n) is 13.3. The molecule has 0 aromatic heterocycles. The van der Waals surface area contributed by atoms with Gasteiger partial charge in [-0.3, -0.25) is 14.6 Å². The van der Waals surface area contributed by atoms with Gasteiger partial charge >= 0.3 is 6.03 Å². The summed E-state index contributed by atoms with van der Waals surface area (Å²) in [6, 6.07) is 23.2. The number of nitrogens with zero attached hydrogens (tertiary/aromatic N) is 4. The smallest absolute Gasteiger partial charge is 0.332 e. The van der Waals surface area contributed by atoms with Gasteiger partial charge in [-0.2, -0.15) is 5.01 Å². The molecule has 5 rings (SSSR count). The van der Waals surface area contributed by atoms with Crippen LogP contribution in [0, 0.1) is 0 Å². The van der Waals surface area contributed by atoms with Crippen LogP contribution < -0.4 is 5.32 Å². The lowest BCUT2D eigenvalue weighted by Gasteiger charge is -2.46. The van der Waals surface area contributed by atoms with Crippen LogP contribution in [0.4, 0.5) is 4.79 Å². The molecule has 2 atom stereocenters. The van der Waals surface area contributed by atoms with Gasteiger partial charge < -0.3 is 15.1 Å². The molecule has 1 N–H and O–H groups in total. The minimum atomic E-state index is -0.809. The lowest BCUT2D eigenvalue weighted by atomic mass is 10.00. The standard InChI is InChI=1S/C30H31Cl2N5O3/c1-2-15-35(30(40)33-17-21-9-5-3-6-10-21)36-20-27(38)37-26(36)19-34(18-22-13-14-24(31)25(32)16-22)29(39)28(37)23-11-7-4-8-12-23/h3-14,16,26,28H,2,15,17-20H2,1H3,(H,33,40)/t26-,28+/m1/s1. The molecule has 2 saturated heterocycles. The maximum Gasteiger partial charge on any atom is 0.332 e. The van der Waals surface area contributed by atoms with E-state index in [1.807, 2.05) is 73.7 Å². The third kappa shape index (κ3) is 5.80. The Balaban J connectivity index is 1.45. The van der Waals surface area contributed by atoms with E-state index in [2.05, 4.69) is 5.32 Å². The number of carbonyl (C=O) groups is 3. The second-order valence-electron chi connectivity index (χ2n) is 9.93. The molecule has 0 unspecified atom stereocenters. The third-order valence-corrected chi connectivity index (χ3v) is 7.94. The van der Waals surface area contributed by atoms with Gasteiger partial charge in [0, 0.05) is 19.6 Å². The minimum Gasteiger partial charge on any atom is -0.333 e. The van der Waals surface area contributed by atoms with E-state index in [0.717, 1.165) is 16.7 Å². The Morgan fingerprint density at radius 1 is 0.950 bits per heavy atom. The van der Waals surface area contributed by atoms with Crippen LogP contribution in [0.1, 0.15) is 36.1 Å². The highest BCUT2D eigenvalue weighted by Crippen LogP contribution is 2.36. The van der Waals surface area contributed by atoms with Crippen molar-refractivity contribution in [3.05, 3.63) is 106 Å². The zero-order valence-corrected chi connectivity index (χ0v) is 23.7. The first-order chi connectivity index (χ1) is 19.4. The van der Waals surface area contributed by atoms with Crippen molar-refractivity contribution in [3.8, 4) is 0 Å². The van der Waals surface area contributed by atoms with E-state index >= 15 is 0 Å². The molecule has 2 fully saturated rings. The third-order valence-electron chi connectivity index (χ3n) is 7.20. The highest BCUT2D eigenvalue weighted by Gasteiger charge is 2.52. The van der Waals surface area contributed by atoms with Crippen molar-refractivity contribution in [2.45, 2.75) is 38.6 Å². The van der Waals surface area contributed by atoms with Crippen LogP contribution in [0.15, 0.2) is 78.9 Å². The summed E-state index contributed by atoms with van der Waals surface area (Å²) >= 11 is 12.4. The fraction of sp³-hybridized carbons (Fsp3) is 0.300. The Morgan fingerprint density at radius 3 is 2.33 bits per heavy atom. The van der Waals surface area contributed by atoms with Crippen LogP contribution in [0.2, 0.25) is 10.0 Å². The molecule has 2 heterocycles. The Bertz CT molecular complexity index is 1370. The van der Waals surface area contributed by atoms with Crippen LogP contribution in [0.3, 0.4) is 0 Å². The summed E-state index contributed by atoms with van der Waals surface area (Å²) in [7, 11) is 0. The van der Waals surface area contributed by atoms with Gasteiger partial charge in [-0.25, -0.2) is 4.79 Å². The maximum atomic E-state index is 13.9. The van der Waals surface area contributed by atoms with E-state index in [1.54, 1.807) is 32.0 Å². The Kier molecular flexibility index (Phi) is 8.59. The van der Waals surface area contributed by atoms with Crippen LogP contribution in [-0.2, 0) is 22.7 Å². The number of nitrogens with one attached hydrogen (secondary N) is 1. The van der Waals surface area contributed by atoms with Gasteiger partial charge in [-0.1, -0.05) is 96.9 Å². The number of benzene rings is 3. The average molecular weight is 581 g/mol. The summed E-state index contributed by atoms with van der Waals surface area (Å²) < 4.78 is 0. The highest BCUT2D eigenvalue weighted by atomic mass is 35.5. The molecule has 0 spiro atoms. The van der Waals surface area contributed by atoms with Gasteiger partial charge in [0.2, 0.25) is 5.91 Å². The topological polar surface area (TPSA) is 76.2 Å². The van der Waals surface area contributed by atoms with Gasteiger partial charge in [0.15, 0.2) is 0 Å². The Morgan fingerprint density at radius 2 is 1.65 bits per heavy atom. The van der Waals surface area contributed by atoms with E-state index in [4.69, 9.17) is 23.2 Å². The summed E-state index contributed by atoms with van der Waals surface area (Å²) in [5.41, 5.74) is 2.53. The zero-order chi connectivity index (χ0) is 28.2. The van der Waals surface area contributed by atoms with Gasteiger partial charge in [-0.05, 0) is 35.2 Å². The summed E-state index contributed by atoms with van der Waals surface area (Å²) in [5.74, 6) is -0.377. The van der Waals surface area contributed by atoms with Crippen molar-refractivity contribution in [3.63, 3.8) is 0 Å². The molecule has 0 radical (unpaired) electrons. The molecular formula is C30H31Cl2N5O3. The van der Waals surface area contributed by atoms with Crippen molar-refractivity contribution in [1.82, 2.24) is 25.1 Å². The fourth-order valence-electron chi connectivity index (χ4n) is 5.32. The quantitative estimate of drug-likeness (QED) is 0.403. The molecule has 2 aliphatic rings. The molecule has 208 valence electrons. The van der Waals surface area contributed by atoms with Crippen molar-refractivity contribution in [2.24, 2.45) is 0 Å². The summed E-state index contributed by atoms with van der Waals surface area (Å²) in [5, 5.41) is 7.25. The van der Waals surface area contributed by atoms with E-state index < -0.39 is 12.2 Å². The monoisotopic (exact) mass is 579 g/mol. The molecule has 2 aliphatic heterocycles. The predicted molar refractivity (Wildman–Crippen MR) is 154 cm³/mol. The molecule has 0 bridgehead atoms. The Hall–Kier alpha value is -3.59. The SMILES string of the molecule is CCCN(C(=O)NCc1ccccc1)N1CC(=O)N2[C@@H](c3ccccc3)C(=O)N(Cc3ccc(Cl)c(Cl)c3)C[C@@H]21. The van der Waals surface area contributed by atoms with Crippen LogP contribution in [0.25, 0.3) is 0 Å². The first-order valence-corrected chi connectivity index (χ1v) is 14.1. The van der Waals surface area contributed by atoms with Gasteiger partial charge in [0.1, 0.15) is 12.2 Å². The summed E-state index contributed by atoms with van der Waals surface area (Å²) in [6.45, 7) is 3.31. The molecule has 0 saturated carbocycles. The van der Waals surface area contributed by atoms with Gasteiger partial charge in [-0.15, -0.1) is 0 Å². The van der Waals surface area contributed by atoms with Crippen LogP contribution in [-0.4, -0.2) is 63.5 Å². The van der Waals surface area contributed by atoms with Crippen molar-refractivity contribution < 1.29 is 14.4 Å². The maximum absolute atomic E-state index is 13.9. The van der Waals surface area contributed by atoms with Gasteiger partial charge in [0.05, 0.1) is 23.1 Å². The summed E-state index contributed by atoms with van der Waals surface area (Å²) in [4.78, 5) is 44.3. The predicted octanol–water partition coefficient (Wildman–Crippen LogP) is 5.08.